The van der Waals surface area contributed by atoms with Crippen LogP contribution in [0.25, 0.3) is 0 Å². The van der Waals surface area contributed by atoms with Crippen molar-refractivity contribution in [1.82, 2.24) is 0 Å². The fourth-order valence-electron chi connectivity index (χ4n) is 5.28. The predicted molar refractivity (Wildman–Crippen MR) is 153 cm³/mol. The molecule has 1 heterocycles. The van der Waals surface area contributed by atoms with Crippen LogP contribution in [0, 0.1) is 18.3 Å². The van der Waals surface area contributed by atoms with Crippen LogP contribution in [0.3, 0.4) is 0 Å². The van der Waals surface area contributed by atoms with Crippen molar-refractivity contribution in [2.75, 3.05) is 16.0 Å². The molecular formula is C29H36N4O3S. The minimum atomic E-state index is -0.886. The third-order valence-corrected chi connectivity index (χ3v) is 8.24. The Hall–Kier alpha value is -3.13. The zero-order valence-corrected chi connectivity index (χ0v) is 23.1. The highest BCUT2D eigenvalue weighted by molar-refractivity contribution is 8.14. The fourth-order valence-corrected chi connectivity index (χ4v) is 6.10. The Kier molecular flexibility index (Phi) is 7.78. The highest BCUT2D eigenvalue weighted by Crippen LogP contribution is 2.49. The predicted octanol–water partition coefficient (Wildman–Crippen LogP) is 6.65. The molecule has 0 radical (unpaired) electrons. The van der Waals surface area contributed by atoms with E-state index in [2.05, 4.69) is 31.0 Å². The molecule has 0 aromatic heterocycles. The molecule has 1 aliphatic carbocycles. The molecule has 0 bridgehead atoms. The number of carbonyl (C=O) groups excluding carboxylic acids is 1. The lowest BCUT2D eigenvalue weighted by Gasteiger charge is -2.47. The molecule has 1 amide bonds. The maximum Gasteiger partial charge on any atom is 0.313 e. The standard InChI is InChI=1S/C29H36N4O3S/c1-19-6-8-23(9-7-19)31-26-29(16-14-21(15-17-29)28(3,4)5)33(27(32-26)37-18-25(35)36)24-12-10-22(11-13-24)30-20(2)34/h6-13,21H,14-18H2,1-5H3,(H,30,34)(H,35,36). The van der Waals surface area contributed by atoms with E-state index in [0.29, 0.717) is 16.8 Å². The largest absolute Gasteiger partial charge is 0.481 e. The number of amides is 1. The normalized spacial score (nSPS) is 22.8. The van der Waals surface area contributed by atoms with Gasteiger partial charge in [0.1, 0.15) is 5.54 Å². The molecule has 2 aromatic carbocycles. The van der Waals surface area contributed by atoms with Gasteiger partial charge in [-0.05, 0) is 80.3 Å². The van der Waals surface area contributed by atoms with Crippen LogP contribution in [0.15, 0.2) is 58.5 Å². The maximum atomic E-state index is 11.5. The van der Waals surface area contributed by atoms with E-state index in [4.69, 9.17) is 9.98 Å². The number of aliphatic carboxylic acids is 1. The molecule has 0 unspecified atom stereocenters. The first-order valence-corrected chi connectivity index (χ1v) is 13.7. The van der Waals surface area contributed by atoms with Crippen molar-refractivity contribution >= 4 is 51.7 Å². The third kappa shape index (κ3) is 6.06. The summed E-state index contributed by atoms with van der Waals surface area (Å²) in [6.07, 6.45) is 3.80. The van der Waals surface area contributed by atoms with E-state index in [1.165, 1.54) is 18.7 Å². The van der Waals surface area contributed by atoms with Crippen molar-refractivity contribution < 1.29 is 14.7 Å². The quantitative estimate of drug-likeness (QED) is 0.460. The SMILES string of the molecule is CC(=O)Nc1ccc(N2C(SCC(=O)O)=NC(=Nc3ccc(C)cc3)C23CCC(C(C)(C)C)CC3)cc1. The van der Waals surface area contributed by atoms with Crippen LogP contribution in [0.5, 0.6) is 0 Å². The Morgan fingerprint density at radius 1 is 1.11 bits per heavy atom. The zero-order valence-electron chi connectivity index (χ0n) is 22.2. The molecule has 2 N–H and O–H groups in total. The number of carboxylic acid groups (broad SMARTS) is 1. The molecule has 1 saturated carbocycles. The van der Waals surface area contributed by atoms with Gasteiger partial charge in [0, 0.05) is 18.3 Å². The number of hydrogen-bond acceptors (Lipinski definition) is 5. The minimum absolute atomic E-state index is 0.0855. The van der Waals surface area contributed by atoms with Gasteiger partial charge in [0.2, 0.25) is 5.91 Å². The molecule has 37 heavy (non-hydrogen) atoms. The summed E-state index contributed by atoms with van der Waals surface area (Å²) in [7, 11) is 0. The number of rotatable bonds is 5. The highest BCUT2D eigenvalue weighted by atomic mass is 32.2. The number of carbonyl (C=O) groups is 2. The summed E-state index contributed by atoms with van der Waals surface area (Å²) in [5, 5.41) is 12.9. The van der Waals surface area contributed by atoms with Crippen LogP contribution >= 0.6 is 11.8 Å². The molecule has 1 spiro atoms. The van der Waals surface area contributed by atoms with E-state index >= 15 is 0 Å². The highest BCUT2D eigenvalue weighted by Gasteiger charge is 2.52. The summed E-state index contributed by atoms with van der Waals surface area (Å²) in [6, 6.07) is 15.8. The number of amidine groups is 2. The van der Waals surface area contributed by atoms with Gasteiger partial charge in [0.15, 0.2) is 11.0 Å². The van der Waals surface area contributed by atoms with Gasteiger partial charge >= 0.3 is 5.97 Å². The first-order chi connectivity index (χ1) is 17.5. The van der Waals surface area contributed by atoms with Gasteiger partial charge in [-0.15, -0.1) is 0 Å². The van der Waals surface area contributed by atoms with Crippen LogP contribution in [0.2, 0.25) is 0 Å². The van der Waals surface area contributed by atoms with Crippen molar-refractivity contribution in [2.45, 2.75) is 65.8 Å². The summed E-state index contributed by atoms with van der Waals surface area (Å²) >= 11 is 1.23. The molecule has 1 fully saturated rings. The van der Waals surface area contributed by atoms with E-state index < -0.39 is 11.5 Å². The maximum absolute atomic E-state index is 11.5. The summed E-state index contributed by atoms with van der Waals surface area (Å²) in [5.41, 5.74) is 3.37. The number of thioether (sulfide) groups is 1. The van der Waals surface area contributed by atoms with Crippen molar-refractivity contribution in [3.05, 3.63) is 54.1 Å². The minimum Gasteiger partial charge on any atom is -0.481 e. The number of hydrogen-bond donors (Lipinski definition) is 2. The molecule has 4 rings (SSSR count). The summed E-state index contributed by atoms with van der Waals surface area (Å²) < 4.78 is 0. The first-order valence-electron chi connectivity index (χ1n) is 12.7. The summed E-state index contributed by atoms with van der Waals surface area (Å²) in [6.45, 7) is 10.4. The number of carboxylic acids is 1. The molecule has 8 heteroatoms. The first kappa shape index (κ1) is 26.9. The Labute approximate surface area is 223 Å². The Balaban J connectivity index is 1.80. The number of nitrogens with one attached hydrogen (secondary N) is 1. The van der Waals surface area contributed by atoms with Crippen LogP contribution in [0.1, 0.15) is 58.9 Å². The van der Waals surface area contributed by atoms with Gasteiger partial charge < -0.3 is 15.3 Å². The van der Waals surface area contributed by atoms with Gasteiger partial charge in [-0.25, -0.2) is 9.98 Å². The third-order valence-electron chi connectivity index (χ3n) is 7.31. The lowest BCUT2D eigenvalue weighted by atomic mass is 9.66. The van der Waals surface area contributed by atoms with E-state index in [-0.39, 0.29) is 17.1 Å². The molecular weight excluding hydrogens is 484 g/mol. The van der Waals surface area contributed by atoms with E-state index in [1.807, 2.05) is 55.5 Å². The summed E-state index contributed by atoms with van der Waals surface area (Å²) in [4.78, 5) is 35.3. The monoisotopic (exact) mass is 520 g/mol. The van der Waals surface area contributed by atoms with Crippen molar-refractivity contribution in [3.63, 3.8) is 0 Å². The van der Waals surface area contributed by atoms with Crippen LogP contribution in [0.4, 0.5) is 17.1 Å². The molecule has 196 valence electrons. The fraction of sp³-hybridized carbons (Fsp3) is 0.448. The van der Waals surface area contributed by atoms with Crippen LogP contribution in [-0.4, -0.2) is 39.3 Å². The van der Waals surface area contributed by atoms with Gasteiger partial charge in [0.05, 0.1) is 11.4 Å². The molecule has 0 atom stereocenters. The average Bonchev–Trinajstić information content (AvgIpc) is 3.11. The number of anilines is 2. The smallest absolute Gasteiger partial charge is 0.313 e. The zero-order chi connectivity index (χ0) is 26.8. The van der Waals surface area contributed by atoms with Crippen LogP contribution in [-0.2, 0) is 9.59 Å². The molecule has 2 aromatic rings. The van der Waals surface area contributed by atoms with Crippen molar-refractivity contribution in [1.29, 1.82) is 0 Å². The summed E-state index contributed by atoms with van der Waals surface area (Å²) in [5.74, 6) is 0.222. The second kappa shape index (κ2) is 10.7. The van der Waals surface area contributed by atoms with Gasteiger partial charge in [-0.1, -0.05) is 50.2 Å². The lowest BCUT2D eigenvalue weighted by Crippen LogP contribution is -2.54. The number of aliphatic imine (C=N–C) groups is 2. The van der Waals surface area contributed by atoms with Crippen molar-refractivity contribution in [2.24, 2.45) is 21.3 Å². The molecule has 1 aliphatic heterocycles. The van der Waals surface area contributed by atoms with E-state index in [0.717, 1.165) is 48.5 Å². The van der Waals surface area contributed by atoms with Crippen molar-refractivity contribution in [3.8, 4) is 0 Å². The van der Waals surface area contributed by atoms with E-state index in [1.54, 1.807) is 0 Å². The second-order valence-corrected chi connectivity index (χ2v) is 12.0. The van der Waals surface area contributed by atoms with Gasteiger partial charge in [0.25, 0.3) is 0 Å². The molecule has 2 aliphatic rings. The number of benzene rings is 2. The Morgan fingerprint density at radius 3 is 2.27 bits per heavy atom. The van der Waals surface area contributed by atoms with Gasteiger partial charge in [-0.2, -0.15) is 0 Å². The average molecular weight is 521 g/mol. The Morgan fingerprint density at radius 2 is 1.73 bits per heavy atom. The van der Waals surface area contributed by atoms with Crippen LogP contribution < -0.4 is 10.2 Å². The second-order valence-electron chi connectivity index (χ2n) is 11.1. The lowest BCUT2D eigenvalue weighted by molar-refractivity contribution is -0.133. The number of aryl methyl sites for hydroxylation is 1. The topological polar surface area (TPSA) is 94.4 Å². The van der Waals surface area contributed by atoms with Gasteiger partial charge in [-0.3, -0.25) is 9.59 Å². The molecule has 0 saturated heterocycles. The van der Waals surface area contributed by atoms with E-state index in [9.17, 15) is 14.7 Å². The number of nitrogens with zero attached hydrogens (tertiary/aromatic N) is 3. The molecule has 7 nitrogen and oxygen atoms in total. The Bertz CT molecular complexity index is 1210.